The molecule has 0 bridgehead atoms. The molecular formula is C13H15BrFNO3. The molecule has 1 unspecified atom stereocenters. The lowest BCUT2D eigenvalue weighted by Crippen LogP contribution is -2.36. The number of amides is 1. The molecule has 1 rings (SSSR count). The van der Waals surface area contributed by atoms with E-state index in [0.29, 0.717) is 12.0 Å². The predicted octanol–water partition coefficient (Wildman–Crippen LogP) is 2.96. The summed E-state index contributed by atoms with van der Waals surface area (Å²) >= 11 is 3.00. The lowest BCUT2D eigenvalue weighted by Gasteiger charge is -2.16. The normalized spacial score (nSPS) is 11.9. The van der Waals surface area contributed by atoms with Gasteiger partial charge in [0.2, 0.25) is 0 Å². The van der Waals surface area contributed by atoms with Crippen LogP contribution in [0.3, 0.4) is 0 Å². The van der Waals surface area contributed by atoms with E-state index < -0.39 is 23.7 Å². The number of carbonyl (C=O) groups excluding carboxylic acids is 1. The zero-order chi connectivity index (χ0) is 14.4. The highest BCUT2D eigenvalue weighted by molar-refractivity contribution is 9.10. The highest BCUT2D eigenvalue weighted by atomic mass is 79.9. The summed E-state index contributed by atoms with van der Waals surface area (Å²) in [5, 5.41) is 11.4. The van der Waals surface area contributed by atoms with Crippen LogP contribution in [0.25, 0.3) is 0 Å². The molecule has 0 fully saturated rings. The van der Waals surface area contributed by atoms with Gasteiger partial charge >= 0.3 is 5.97 Å². The summed E-state index contributed by atoms with van der Waals surface area (Å²) in [7, 11) is 0. The first-order chi connectivity index (χ1) is 8.93. The number of benzene rings is 1. The van der Waals surface area contributed by atoms with E-state index in [1.54, 1.807) is 0 Å². The Morgan fingerprint density at radius 1 is 1.47 bits per heavy atom. The molecular weight excluding hydrogens is 317 g/mol. The van der Waals surface area contributed by atoms with Crippen molar-refractivity contribution in [3.63, 3.8) is 0 Å². The molecule has 0 spiro atoms. The van der Waals surface area contributed by atoms with Gasteiger partial charge in [-0.25, -0.2) is 4.39 Å². The molecule has 0 saturated carbocycles. The fourth-order valence-electron chi connectivity index (χ4n) is 1.69. The number of carbonyl (C=O) groups is 2. The molecule has 1 amide bonds. The van der Waals surface area contributed by atoms with Crippen molar-refractivity contribution in [2.24, 2.45) is 0 Å². The maximum Gasteiger partial charge on any atom is 0.305 e. The molecule has 0 aliphatic rings. The molecule has 0 aromatic heterocycles. The van der Waals surface area contributed by atoms with Crippen molar-refractivity contribution in [2.75, 3.05) is 0 Å². The van der Waals surface area contributed by atoms with Crippen molar-refractivity contribution in [1.82, 2.24) is 5.32 Å². The van der Waals surface area contributed by atoms with Crippen LogP contribution in [-0.2, 0) is 4.79 Å². The molecule has 0 aliphatic carbocycles. The quantitative estimate of drug-likeness (QED) is 0.842. The van der Waals surface area contributed by atoms with E-state index in [9.17, 15) is 14.0 Å². The smallest absolute Gasteiger partial charge is 0.305 e. The molecule has 2 N–H and O–H groups in total. The Hall–Kier alpha value is -1.43. The number of carboxylic acids is 1. The Labute approximate surface area is 119 Å². The third kappa shape index (κ3) is 4.98. The summed E-state index contributed by atoms with van der Waals surface area (Å²) in [6.07, 6.45) is 1.23. The van der Waals surface area contributed by atoms with Gasteiger partial charge in [0, 0.05) is 11.6 Å². The highest BCUT2D eigenvalue weighted by Gasteiger charge is 2.16. The zero-order valence-corrected chi connectivity index (χ0v) is 12.0. The van der Waals surface area contributed by atoms with Crippen molar-refractivity contribution in [1.29, 1.82) is 0 Å². The van der Waals surface area contributed by atoms with Crippen LogP contribution in [0.2, 0.25) is 0 Å². The van der Waals surface area contributed by atoms with Crippen molar-refractivity contribution < 1.29 is 19.1 Å². The van der Waals surface area contributed by atoms with Crippen LogP contribution in [0.4, 0.5) is 4.39 Å². The van der Waals surface area contributed by atoms with E-state index in [4.69, 9.17) is 5.11 Å². The van der Waals surface area contributed by atoms with Crippen LogP contribution >= 0.6 is 15.9 Å². The summed E-state index contributed by atoms with van der Waals surface area (Å²) in [6, 6.07) is 3.50. The third-order valence-electron chi connectivity index (χ3n) is 2.58. The first kappa shape index (κ1) is 15.6. The van der Waals surface area contributed by atoms with E-state index in [1.807, 2.05) is 6.92 Å². The van der Waals surface area contributed by atoms with E-state index in [-0.39, 0.29) is 10.9 Å². The average molecular weight is 332 g/mol. The number of nitrogens with one attached hydrogen (secondary N) is 1. The second-order valence-electron chi connectivity index (χ2n) is 4.19. The largest absolute Gasteiger partial charge is 0.481 e. The maximum absolute atomic E-state index is 13.1. The van der Waals surface area contributed by atoms with Gasteiger partial charge in [0.25, 0.3) is 5.91 Å². The van der Waals surface area contributed by atoms with Gasteiger partial charge < -0.3 is 10.4 Å². The minimum absolute atomic E-state index is 0.123. The summed E-state index contributed by atoms with van der Waals surface area (Å²) < 4.78 is 13.3. The van der Waals surface area contributed by atoms with Crippen LogP contribution in [0.1, 0.15) is 36.5 Å². The number of hydrogen-bond donors (Lipinski definition) is 2. The van der Waals surface area contributed by atoms with Gasteiger partial charge in [-0.15, -0.1) is 0 Å². The molecule has 4 nitrogen and oxygen atoms in total. The van der Waals surface area contributed by atoms with Crippen molar-refractivity contribution in [3.8, 4) is 0 Å². The molecule has 19 heavy (non-hydrogen) atoms. The van der Waals surface area contributed by atoms with Gasteiger partial charge in [-0.2, -0.15) is 0 Å². The highest BCUT2D eigenvalue weighted by Crippen LogP contribution is 2.17. The summed E-state index contributed by atoms with van der Waals surface area (Å²) in [6.45, 7) is 1.91. The molecule has 0 saturated heterocycles. The van der Waals surface area contributed by atoms with Crippen molar-refractivity contribution in [3.05, 3.63) is 34.1 Å². The maximum atomic E-state index is 13.1. The van der Waals surface area contributed by atoms with Gasteiger partial charge in [-0.1, -0.05) is 13.3 Å². The van der Waals surface area contributed by atoms with Crippen LogP contribution in [0, 0.1) is 5.82 Å². The Kier molecular flexibility index (Phi) is 5.95. The molecule has 0 radical (unpaired) electrons. The standard InChI is InChI=1S/C13H15BrFNO3/c1-2-3-9(7-12(17)18)16-13(19)8-4-5-11(15)10(14)6-8/h4-6,9H,2-3,7H2,1H3,(H,16,19)(H,17,18). The third-order valence-corrected chi connectivity index (χ3v) is 3.18. The minimum atomic E-state index is -0.959. The molecule has 0 heterocycles. The van der Waals surface area contributed by atoms with E-state index in [1.165, 1.54) is 18.2 Å². The van der Waals surface area contributed by atoms with E-state index in [0.717, 1.165) is 6.42 Å². The predicted molar refractivity (Wildman–Crippen MR) is 72.5 cm³/mol. The minimum Gasteiger partial charge on any atom is -0.481 e. The molecule has 1 aromatic carbocycles. The van der Waals surface area contributed by atoms with Crippen molar-refractivity contribution in [2.45, 2.75) is 32.2 Å². The molecule has 104 valence electrons. The fourth-order valence-corrected chi connectivity index (χ4v) is 2.07. The monoisotopic (exact) mass is 331 g/mol. The second-order valence-corrected chi connectivity index (χ2v) is 5.04. The van der Waals surface area contributed by atoms with E-state index >= 15 is 0 Å². The number of rotatable bonds is 6. The topological polar surface area (TPSA) is 66.4 Å². The number of hydrogen-bond acceptors (Lipinski definition) is 2. The number of carboxylic acid groups (broad SMARTS) is 1. The first-order valence-corrected chi connectivity index (χ1v) is 6.71. The van der Waals surface area contributed by atoms with Gasteiger partial charge in [0.1, 0.15) is 5.82 Å². The van der Waals surface area contributed by atoms with E-state index in [2.05, 4.69) is 21.2 Å². The fraction of sp³-hybridized carbons (Fsp3) is 0.385. The van der Waals surface area contributed by atoms with Crippen LogP contribution in [-0.4, -0.2) is 23.0 Å². The number of aliphatic carboxylic acids is 1. The summed E-state index contributed by atoms with van der Waals surface area (Å²) in [5.41, 5.74) is 0.291. The van der Waals surface area contributed by atoms with Gasteiger partial charge in [0.05, 0.1) is 10.9 Å². The second kappa shape index (κ2) is 7.23. The van der Waals surface area contributed by atoms with Gasteiger partial charge in [-0.3, -0.25) is 9.59 Å². The Morgan fingerprint density at radius 2 is 2.16 bits per heavy atom. The molecule has 0 aliphatic heterocycles. The first-order valence-electron chi connectivity index (χ1n) is 5.91. The molecule has 1 atom stereocenters. The molecule has 1 aromatic rings. The Balaban J connectivity index is 2.75. The SMILES string of the molecule is CCCC(CC(=O)O)NC(=O)c1ccc(F)c(Br)c1. The zero-order valence-electron chi connectivity index (χ0n) is 10.5. The van der Waals surface area contributed by atoms with Gasteiger partial charge in [0.15, 0.2) is 0 Å². The average Bonchev–Trinajstić information content (AvgIpc) is 2.32. The summed E-state index contributed by atoms with van der Waals surface area (Å²) in [4.78, 5) is 22.6. The van der Waals surface area contributed by atoms with Crippen LogP contribution < -0.4 is 5.32 Å². The number of halogens is 2. The molecule has 6 heteroatoms. The van der Waals surface area contributed by atoms with Gasteiger partial charge in [-0.05, 0) is 40.5 Å². The Morgan fingerprint density at radius 3 is 2.68 bits per heavy atom. The van der Waals surface area contributed by atoms with Crippen molar-refractivity contribution >= 4 is 27.8 Å². The van der Waals surface area contributed by atoms with Crippen LogP contribution in [0.5, 0.6) is 0 Å². The summed E-state index contributed by atoms with van der Waals surface area (Å²) in [5.74, 6) is -1.81. The lowest BCUT2D eigenvalue weighted by molar-refractivity contribution is -0.137. The van der Waals surface area contributed by atoms with Crippen LogP contribution in [0.15, 0.2) is 22.7 Å². The lowest BCUT2D eigenvalue weighted by atomic mass is 10.1. The Bertz CT molecular complexity index is 479.